The summed E-state index contributed by atoms with van der Waals surface area (Å²) >= 11 is 0. The predicted octanol–water partition coefficient (Wildman–Crippen LogP) is 1.57. The molecule has 1 aromatic carbocycles. The molecule has 0 saturated heterocycles. The van der Waals surface area contributed by atoms with Crippen molar-refractivity contribution in [1.29, 1.82) is 0 Å². The molecule has 0 aromatic heterocycles. The van der Waals surface area contributed by atoms with Gasteiger partial charge in [0.1, 0.15) is 11.6 Å². The highest BCUT2D eigenvalue weighted by Gasteiger charge is 2.20. The molecule has 0 aliphatic heterocycles. The standard InChI is InChI=1S/C13H17FN2O2/c14-12-7-10(5-6-11(12)13(16)17)18-9-3-1-8(15)2-4-9/h5-9H,1-4,15H2,(H2,16,17). The number of hydrogen-bond donors (Lipinski definition) is 2. The Labute approximate surface area is 105 Å². The Balaban J connectivity index is 2.02. The van der Waals surface area contributed by atoms with Gasteiger partial charge in [-0.25, -0.2) is 4.39 Å². The highest BCUT2D eigenvalue weighted by molar-refractivity contribution is 5.93. The van der Waals surface area contributed by atoms with E-state index in [1.807, 2.05) is 0 Å². The molecule has 2 rings (SSSR count). The van der Waals surface area contributed by atoms with Gasteiger partial charge in [0.05, 0.1) is 11.7 Å². The second kappa shape index (κ2) is 5.35. The average Bonchev–Trinajstić information content (AvgIpc) is 2.32. The van der Waals surface area contributed by atoms with E-state index in [-0.39, 0.29) is 17.7 Å². The molecule has 0 spiro atoms. The van der Waals surface area contributed by atoms with Gasteiger partial charge in [-0.2, -0.15) is 0 Å². The molecule has 0 unspecified atom stereocenters. The van der Waals surface area contributed by atoms with Crippen molar-refractivity contribution >= 4 is 5.91 Å². The van der Waals surface area contributed by atoms with Crippen LogP contribution < -0.4 is 16.2 Å². The fraction of sp³-hybridized carbons (Fsp3) is 0.462. The Morgan fingerprint density at radius 3 is 2.50 bits per heavy atom. The molecule has 1 saturated carbocycles. The van der Waals surface area contributed by atoms with Crippen molar-refractivity contribution < 1.29 is 13.9 Å². The summed E-state index contributed by atoms with van der Waals surface area (Å²) in [5, 5.41) is 0. The van der Waals surface area contributed by atoms with Gasteiger partial charge in [0, 0.05) is 12.1 Å². The first kappa shape index (κ1) is 12.8. The van der Waals surface area contributed by atoms with Crippen LogP contribution in [0.5, 0.6) is 5.75 Å². The smallest absolute Gasteiger partial charge is 0.251 e. The lowest BCUT2D eigenvalue weighted by molar-refractivity contribution is 0.0996. The third-order valence-corrected chi connectivity index (χ3v) is 3.23. The second-order valence-electron chi connectivity index (χ2n) is 4.66. The zero-order chi connectivity index (χ0) is 13.1. The van der Waals surface area contributed by atoms with Crippen molar-refractivity contribution in [3.63, 3.8) is 0 Å². The van der Waals surface area contributed by atoms with Crippen molar-refractivity contribution in [1.82, 2.24) is 0 Å². The first-order chi connectivity index (χ1) is 8.56. The van der Waals surface area contributed by atoms with E-state index < -0.39 is 11.7 Å². The summed E-state index contributed by atoms with van der Waals surface area (Å²) in [5.41, 5.74) is 10.7. The first-order valence-corrected chi connectivity index (χ1v) is 6.08. The highest BCUT2D eigenvalue weighted by Crippen LogP contribution is 2.24. The number of ether oxygens (including phenoxy) is 1. The maximum Gasteiger partial charge on any atom is 0.251 e. The topological polar surface area (TPSA) is 78.3 Å². The van der Waals surface area contributed by atoms with Crippen molar-refractivity contribution in [3.05, 3.63) is 29.6 Å². The molecular weight excluding hydrogens is 235 g/mol. The van der Waals surface area contributed by atoms with Gasteiger partial charge in [-0.1, -0.05) is 0 Å². The van der Waals surface area contributed by atoms with Crippen LogP contribution in [0.15, 0.2) is 18.2 Å². The summed E-state index contributed by atoms with van der Waals surface area (Å²) in [6, 6.07) is 4.37. The molecule has 0 atom stereocenters. The fourth-order valence-corrected chi connectivity index (χ4v) is 2.17. The van der Waals surface area contributed by atoms with Crippen LogP contribution in [0.3, 0.4) is 0 Å². The Hall–Kier alpha value is -1.62. The monoisotopic (exact) mass is 252 g/mol. The zero-order valence-corrected chi connectivity index (χ0v) is 10.1. The normalized spacial score (nSPS) is 23.7. The lowest BCUT2D eigenvalue weighted by Gasteiger charge is -2.26. The van der Waals surface area contributed by atoms with Crippen molar-refractivity contribution in [2.24, 2.45) is 11.5 Å². The molecule has 1 amide bonds. The Morgan fingerprint density at radius 2 is 1.94 bits per heavy atom. The lowest BCUT2D eigenvalue weighted by Crippen LogP contribution is -2.31. The van der Waals surface area contributed by atoms with E-state index >= 15 is 0 Å². The number of carbonyl (C=O) groups excluding carboxylic acids is 1. The third kappa shape index (κ3) is 2.98. The third-order valence-electron chi connectivity index (χ3n) is 3.23. The van der Waals surface area contributed by atoms with Crippen LogP contribution in [0, 0.1) is 5.82 Å². The maximum absolute atomic E-state index is 13.5. The quantitative estimate of drug-likeness (QED) is 0.857. The Bertz CT molecular complexity index is 443. The molecule has 0 heterocycles. The number of halogens is 1. The minimum Gasteiger partial charge on any atom is -0.490 e. The maximum atomic E-state index is 13.5. The number of nitrogens with two attached hydrogens (primary N) is 2. The number of benzene rings is 1. The largest absolute Gasteiger partial charge is 0.490 e. The van der Waals surface area contributed by atoms with Gasteiger partial charge in [0.2, 0.25) is 0 Å². The van der Waals surface area contributed by atoms with Crippen molar-refractivity contribution in [3.8, 4) is 5.75 Å². The van der Waals surface area contributed by atoms with Crippen LogP contribution >= 0.6 is 0 Å². The van der Waals surface area contributed by atoms with E-state index in [4.69, 9.17) is 16.2 Å². The molecule has 1 aliphatic carbocycles. The molecule has 98 valence electrons. The SMILES string of the molecule is NC(=O)c1ccc(OC2CCC(N)CC2)cc1F. The molecule has 4 N–H and O–H groups in total. The van der Waals surface area contributed by atoms with Crippen LogP contribution in [0.1, 0.15) is 36.0 Å². The van der Waals surface area contributed by atoms with Gasteiger partial charge >= 0.3 is 0 Å². The molecule has 0 radical (unpaired) electrons. The Kier molecular flexibility index (Phi) is 3.81. The molecular formula is C13H17FN2O2. The summed E-state index contributed by atoms with van der Waals surface area (Å²) < 4.78 is 19.2. The summed E-state index contributed by atoms with van der Waals surface area (Å²) in [4.78, 5) is 10.9. The van der Waals surface area contributed by atoms with E-state index in [0.717, 1.165) is 25.7 Å². The van der Waals surface area contributed by atoms with Gasteiger partial charge in [-0.3, -0.25) is 4.79 Å². The van der Waals surface area contributed by atoms with E-state index in [2.05, 4.69) is 0 Å². The molecule has 5 heteroatoms. The number of amides is 1. The number of hydrogen-bond acceptors (Lipinski definition) is 3. The van der Waals surface area contributed by atoms with Crippen LogP contribution in [-0.2, 0) is 0 Å². The van der Waals surface area contributed by atoms with Gasteiger partial charge in [0.15, 0.2) is 0 Å². The van der Waals surface area contributed by atoms with Gasteiger partial charge < -0.3 is 16.2 Å². The van der Waals surface area contributed by atoms with Gasteiger partial charge in [0.25, 0.3) is 5.91 Å². The summed E-state index contributed by atoms with van der Waals surface area (Å²) in [6.07, 6.45) is 3.67. The summed E-state index contributed by atoms with van der Waals surface area (Å²) in [6.45, 7) is 0. The second-order valence-corrected chi connectivity index (χ2v) is 4.66. The molecule has 1 aromatic rings. The van der Waals surface area contributed by atoms with Crippen LogP contribution in [0.25, 0.3) is 0 Å². The number of rotatable bonds is 3. The molecule has 4 nitrogen and oxygen atoms in total. The van der Waals surface area contributed by atoms with Crippen LogP contribution in [0.4, 0.5) is 4.39 Å². The highest BCUT2D eigenvalue weighted by atomic mass is 19.1. The fourth-order valence-electron chi connectivity index (χ4n) is 2.17. The van der Waals surface area contributed by atoms with E-state index in [1.165, 1.54) is 12.1 Å². The minimum atomic E-state index is -0.775. The van der Waals surface area contributed by atoms with Gasteiger partial charge in [-0.05, 0) is 37.8 Å². The zero-order valence-electron chi connectivity index (χ0n) is 10.1. The number of carbonyl (C=O) groups is 1. The van der Waals surface area contributed by atoms with Crippen LogP contribution in [-0.4, -0.2) is 18.1 Å². The van der Waals surface area contributed by atoms with E-state index in [9.17, 15) is 9.18 Å². The summed E-state index contributed by atoms with van der Waals surface area (Å²) in [5.74, 6) is -0.992. The summed E-state index contributed by atoms with van der Waals surface area (Å²) in [7, 11) is 0. The molecule has 1 aliphatic rings. The average molecular weight is 252 g/mol. The predicted molar refractivity (Wildman–Crippen MR) is 65.8 cm³/mol. The molecule has 1 fully saturated rings. The van der Waals surface area contributed by atoms with E-state index in [0.29, 0.717) is 5.75 Å². The first-order valence-electron chi connectivity index (χ1n) is 6.08. The molecule has 18 heavy (non-hydrogen) atoms. The Morgan fingerprint density at radius 1 is 1.28 bits per heavy atom. The number of primary amides is 1. The van der Waals surface area contributed by atoms with Gasteiger partial charge in [-0.15, -0.1) is 0 Å². The molecule has 0 bridgehead atoms. The van der Waals surface area contributed by atoms with Crippen molar-refractivity contribution in [2.75, 3.05) is 0 Å². The minimum absolute atomic E-state index is 0.0728. The van der Waals surface area contributed by atoms with Crippen molar-refractivity contribution in [2.45, 2.75) is 37.8 Å². The van der Waals surface area contributed by atoms with E-state index in [1.54, 1.807) is 6.07 Å². The lowest BCUT2D eigenvalue weighted by atomic mass is 9.94. The van der Waals surface area contributed by atoms with Crippen LogP contribution in [0.2, 0.25) is 0 Å².